The number of carbonyl (C=O) groups is 1. The summed E-state index contributed by atoms with van der Waals surface area (Å²) in [4.78, 5) is 22.5. The fourth-order valence-corrected chi connectivity index (χ4v) is 4.27. The first-order valence-electron chi connectivity index (χ1n) is 8.95. The molecule has 0 aromatic heterocycles. The number of rotatable bonds is 6. The van der Waals surface area contributed by atoms with Gasteiger partial charge >= 0.3 is 0 Å². The van der Waals surface area contributed by atoms with Gasteiger partial charge in [0.05, 0.1) is 9.82 Å². The lowest BCUT2D eigenvalue weighted by molar-refractivity contribution is -0.385. The van der Waals surface area contributed by atoms with E-state index in [9.17, 15) is 23.3 Å². The lowest BCUT2D eigenvalue weighted by Crippen LogP contribution is -2.32. The number of anilines is 1. The van der Waals surface area contributed by atoms with Gasteiger partial charge in [-0.2, -0.15) is 0 Å². The zero-order valence-corrected chi connectivity index (χ0v) is 16.2. The van der Waals surface area contributed by atoms with E-state index in [4.69, 9.17) is 0 Å². The number of benzene rings is 2. The zero-order chi connectivity index (χ0) is 20.3. The fourth-order valence-electron chi connectivity index (χ4n) is 3.20. The third kappa shape index (κ3) is 4.48. The Morgan fingerprint density at radius 1 is 1.11 bits per heavy atom. The zero-order valence-electron chi connectivity index (χ0n) is 15.3. The van der Waals surface area contributed by atoms with Crippen molar-refractivity contribution in [2.75, 3.05) is 4.72 Å². The standard InChI is InChI=1S/C19H21N3O5S/c1-13-6-11-17(12-18(13)22(24)25)28(26,27)21-16-9-7-14(8-10-16)19(23)20-15-4-2-3-5-15/h6-12,15,21H,2-5H2,1H3,(H,20,23). The highest BCUT2D eigenvalue weighted by Gasteiger charge is 2.21. The molecule has 1 saturated carbocycles. The third-order valence-electron chi connectivity index (χ3n) is 4.78. The SMILES string of the molecule is Cc1ccc(S(=O)(=O)Nc2ccc(C(=O)NC3CCCC3)cc2)cc1[N+](=O)[O-]. The summed E-state index contributed by atoms with van der Waals surface area (Å²) >= 11 is 0. The molecular weight excluding hydrogens is 382 g/mol. The van der Waals surface area contributed by atoms with E-state index in [0.29, 0.717) is 11.1 Å². The Morgan fingerprint density at radius 2 is 1.75 bits per heavy atom. The van der Waals surface area contributed by atoms with E-state index in [-0.39, 0.29) is 28.2 Å². The summed E-state index contributed by atoms with van der Waals surface area (Å²) in [5.41, 5.74) is 0.824. The van der Waals surface area contributed by atoms with Crippen molar-refractivity contribution >= 4 is 27.3 Å². The van der Waals surface area contributed by atoms with E-state index in [1.165, 1.54) is 31.2 Å². The summed E-state index contributed by atoms with van der Waals surface area (Å²) in [5, 5.41) is 14.0. The minimum atomic E-state index is -3.99. The second-order valence-corrected chi connectivity index (χ2v) is 8.53. The summed E-state index contributed by atoms with van der Waals surface area (Å²) in [6.45, 7) is 1.54. The lowest BCUT2D eigenvalue weighted by Gasteiger charge is -2.12. The van der Waals surface area contributed by atoms with Crippen LogP contribution in [0.25, 0.3) is 0 Å². The van der Waals surface area contributed by atoms with Gasteiger partial charge in [0, 0.05) is 28.9 Å². The highest BCUT2D eigenvalue weighted by atomic mass is 32.2. The van der Waals surface area contributed by atoms with Crippen molar-refractivity contribution < 1.29 is 18.1 Å². The topological polar surface area (TPSA) is 118 Å². The number of hydrogen-bond acceptors (Lipinski definition) is 5. The molecular formula is C19H21N3O5S. The molecule has 0 aliphatic heterocycles. The molecule has 2 N–H and O–H groups in total. The van der Waals surface area contributed by atoms with Crippen LogP contribution in [-0.4, -0.2) is 25.3 Å². The van der Waals surface area contributed by atoms with Crippen molar-refractivity contribution in [2.45, 2.75) is 43.5 Å². The van der Waals surface area contributed by atoms with Crippen LogP contribution in [0.2, 0.25) is 0 Å². The van der Waals surface area contributed by atoms with Crippen LogP contribution >= 0.6 is 0 Å². The Bertz CT molecular complexity index is 997. The average molecular weight is 403 g/mol. The molecule has 1 amide bonds. The van der Waals surface area contributed by atoms with Crippen LogP contribution in [0.15, 0.2) is 47.4 Å². The Hall–Kier alpha value is -2.94. The molecule has 28 heavy (non-hydrogen) atoms. The van der Waals surface area contributed by atoms with Gasteiger partial charge < -0.3 is 5.32 Å². The molecule has 9 heteroatoms. The summed E-state index contributed by atoms with van der Waals surface area (Å²) in [6.07, 6.45) is 4.18. The molecule has 0 unspecified atom stereocenters. The fraction of sp³-hybridized carbons (Fsp3) is 0.316. The second-order valence-electron chi connectivity index (χ2n) is 6.84. The van der Waals surface area contributed by atoms with Gasteiger partial charge in [-0.25, -0.2) is 8.42 Å². The number of sulfonamides is 1. The largest absolute Gasteiger partial charge is 0.349 e. The van der Waals surface area contributed by atoms with Crippen LogP contribution in [-0.2, 0) is 10.0 Å². The normalized spacial score (nSPS) is 14.6. The van der Waals surface area contributed by atoms with Gasteiger partial charge in [-0.3, -0.25) is 19.6 Å². The number of amides is 1. The van der Waals surface area contributed by atoms with Crippen LogP contribution in [0.1, 0.15) is 41.6 Å². The minimum absolute atomic E-state index is 0.185. The molecule has 0 saturated heterocycles. The van der Waals surface area contributed by atoms with Gasteiger partial charge in [0.25, 0.3) is 21.6 Å². The molecule has 148 valence electrons. The Kier molecular flexibility index (Phi) is 5.64. The average Bonchev–Trinajstić information content (AvgIpc) is 3.15. The van der Waals surface area contributed by atoms with Crippen LogP contribution in [0.4, 0.5) is 11.4 Å². The van der Waals surface area contributed by atoms with Gasteiger partial charge in [0.15, 0.2) is 0 Å². The van der Waals surface area contributed by atoms with Crippen molar-refractivity contribution in [2.24, 2.45) is 0 Å². The van der Waals surface area contributed by atoms with E-state index in [2.05, 4.69) is 10.0 Å². The first-order chi connectivity index (χ1) is 13.3. The molecule has 0 heterocycles. The second kappa shape index (κ2) is 7.97. The predicted octanol–water partition coefficient (Wildman–Crippen LogP) is 3.38. The third-order valence-corrected chi connectivity index (χ3v) is 6.16. The summed E-state index contributed by atoms with van der Waals surface area (Å²) in [7, 11) is -3.99. The van der Waals surface area contributed by atoms with E-state index >= 15 is 0 Å². The first kappa shape index (κ1) is 19.8. The summed E-state index contributed by atoms with van der Waals surface area (Å²) in [6, 6.07) is 9.99. The van der Waals surface area contributed by atoms with E-state index in [0.717, 1.165) is 31.7 Å². The van der Waals surface area contributed by atoms with Crippen molar-refractivity contribution in [3.63, 3.8) is 0 Å². The van der Waals surface area contributed by atoms with Gasteiger partial charge in [0.1, 0.15) is 0 Å². The molecule has 1 aliphatic rings. The number of carbonyl (C=O) groups excluding carboxylic acids is 1. The van der Waals surface area contributed by atoms with Crippen molar-refractivity contribution in [1.29, 1.82) is 0 Å². The molecule has 0 atom stereocenters. The van der Waals surface area contributed by atoms with Gasteiger partial charge in [-0.05, 0) is 50.1 Å². The molecule has 2 aromatic carbocycles. The summed E-state index contributed by atoms with van der Waals surface area (Å²) in [5.74, 6) is -0.185. The number of nitro groups is 1. The highest BCUT2D eigenvalue weighted by Crippen LogP contribution is 2.24. The van der Waals surface area contributed by atoms with Crippen LogP contribution in [0, 0.1) is 17.0 Å². The highest BCUT2D eigenvalue weighted by molar-refractivity contribution is 7.92. The molecule has 2 aromatic rings. The van der Waals surface area contributed by atoms with E-state index in [1.807, 2.05) is 0 Å². The molecule has 8 nitrogen and oxygen atoms in total. The lowest BCUT2D eigenvalue weighted by atomic mass is 10.1. The Balaban J connectivity index is 1.73. The van der Waals surface area contributed by atoms with Gasteiger partial charge in [-0.1, -0.05) is 18.9 Å². The molecule has 0 spiro atoms. The van der Waals surface area contributed by atoms with Crippen LogP contribution in [0.3, 0.4) is 0 Å². The maximum absolute atomic E-state index is 12.5. The number of nitrogens with zero attached hydrogens (tertiary/aromatic N) is 1. The van der Waals surface area contributed by atoms with Gasteiger partial charge in [0.2, 0.25) is 0 Å². The molecule has 1 fully saturated rings. The van der Waals surface area contributed by atoms with Crippen LogP contribution < -0.4 is 10.0 Å². The molecule has 0 bridgehead atoms. The Morgan fingerprint density at radius 3 is 2.36 bits per heavy atom. The van der Waals surface area contributed by atoms with Crippen LogP contribution in [0.5, 0.6) is 0 Å². The minimum Gasteiger partial charge on any atom is -0.349 e. The number of nitrogens with one attached hydrogen (secondary N) is 2. The van der Waals surface area contributed by atoms with Gasteiger partial charge in [-0.15, -0.1) is 0 Å². The van der Waals surface area contributed by atoms with Crippen molar-refractivity contribution in [3.8, 4) is 0 Å². The quantitative estimate of drug-likeness (QED) is 0.566. The van der Waals surface area contributed by atoms with Crippen molar-refractivity contribution in [1.82, 2.24) is 5.32 Å². The van der Waals surface area contributed by atoms with Crippen molar-refractivity contribution in [3.05, 3.63) is 63.7 Å². The number of aryl methyl sites for hydroxylation is 1. The Labute approximate surface area is 163 Å². The smallest absolute Gasteiger partial charge is 0.273 e. The molecule has 1 aliphatic carbocycles. The maximum Gasteiger partial charge on any atom is 0.273 e. The maximum atomic E-state index is 12.5. The van der Waals surface area contributed by atoms with E-state index < -0.39 is 14.9 Å². The first-order valence-corrected chi connectivity index (χ1v) is 10.4. The molecule has 0 radical (unpaired) electrons. The molecule has 3 rings (SSSR count). The van der Waals surface area contributed by atoms with E-state index in [1.54, 1.807) is 12.1 Å². The summed E-state index contributed by atoms with van der Waals surface area (Å²) < 4.78 is 27.4. The number of nitro benzene ring substituents is 1. The monoisotopic (exact) mass is 403 g/mol. The predicted molar refractivity (Wildman–Crippen MR) is 105 cm³/mol. The number of hydrogen-bond donors (Lipinski definition) is 2.